The zero-order chi connectivity index (χ0) is 9.14. The minimum Gasteiger partial charge on any atom is -0.508 e. The molecule has 1 aromatic rings. The molecule has 0 saturated carbocycles. The molecule has 0 fully saturated rings. The molecule has 5 heteroatoms. The quantitative estimate of drug-likeness (QED) is 0.392. The topological polar surface area (TPSA) is 63.4 Å². The van der Waals surface area contributed by atoms with E-state index in [0.717, 1.165) is 0 Å². The van der Waals surface area contributed by atoms with Crippen molar-refractivity contribution in [3.05, 3.63) is 33.9 Å². The fourth-order valence-corrected chi connectivity index (χ4v) is 0.969. The van der Waals surface area contributed by atoms with Gasteiger partial charge in [0.25, 0.3) is 5.69 Å². The highest BCUT2D eigenvalue weighted by molar-refractivity contribution is 6.08. The van der Waals surface area contributed by atoms with Crippen molar-refractivity contribution in [1.29, 1.82) is 0 Å². The second-order valence-corrected chi connectivity index (χ2v) is 2.42. The smallest absolute Gasteiger partial charge is 0.269 e. The van der Waals surface area contributed by atoms with Crippen molar-refractivity contribution in [2.45, 2.75) is 6.32 Å². The van der Waals surface area contributed by atoms with Crippen LogP contribution < -0.4 is 0 Å². The van der Waals surface area contributed by atoms with E-state index in [1.807, 2.05) is 7.85 Å². The van der Waals surface area contributed by atoms with Gasteiger partial charge in [-0.15, -0.1) is 0 Å². The van der Waals surface area contributed by atoms with Crippen LogP contribution in [0.25, 0.3) is 0 Å². The van der Waals surface area contributed by atoms with E-state index in [2.05, 4.69) is 0 Å². The van der Waals surface area contributed by atoms with Crippen molar-refractivity contribution in [3.8, 4) is 5.75 Å². The molecule has 0 aromatic heterocycles. The van der Waals surface area contributed by atoms with Gasteiger partial charge in [0.2, 0.25) is 0 Å². The van der Waals surface area contributed by atoms with Crippen molar-refractivity contribution < 1.29 is 10.0 Å². The number of hydrogen-bond donors (Lipinski definition) is 1. The van der Waals surface area contributed by atoms with Crippen molar-refractivity contribution in [1.82, 2.24) is 0 Å². The molecule has 0 unspecified atom stereocenters. The first-order chi connectivity index (χ1) is 5.65. The van der Waals surface area contributed by atoms with Crippen LogP contribution >= 0.6 is 0 Å². The Bertz CT molecular complexity index is 314. The molecule has 0 aliphatic carbocycles. The number of phenols is 1. The van der Waals surface area contributed by atoms with E-state index in [4.69, 9.17) is 0 Å². The van der Waals surface area contributed by atoms with Gasteiger partial charge in [-0.3, -0.25) is 10.1 Å². The molecule has 12 heavy (non-hydrogen) atoms. The molecule has 1 N–H and O–H groups in total. The maximum Gasteiger partial charge on any atom is 0.269 e. The van der Waals surface area contributed by atoms with E-state index >= 15 is 0 Å². The maximum atomic E-state index is 10.3. The summed E-state index contributed by atoms with van der Waals surface area (Å²) in [7, 11) is 1.83. The standard InChI is InChI=1S/C7H8BNO3/c8-4-5-3-6(9(11)12)1-2-7(5)10/h1-3,10H,4,8H2. The Kier molecular flexibility index (Phi) is 2.33. The molecular formula is C7H8BNO3. The summed E-state index contributed by atoms with van der Waals surface area (Å²) in [5.74, 6) is 0.114. The zero-order valence-electron chi connectivity index (χ0n) is 6.65. The van der Waals surface area contributed by atoms with E-state index in [-0.39, 0.29) is 11.4 Å². The van der Waals surface area contributed by atoms with Gasteiger partial charge in [-0.1, -0.05) is 6.32 Å². The zero-order valence-corrected chi connectivity index (χ0v) is 6.65. The molecule has 0 bridgehead atoms. The van der Waals surface area contributed by atoms with Gasteiger partial charge in [0, 0.05) is 12.1 Å². The van der Waals surface area contributed by atoms with Crippen LogP contribution in [0, 0.1) is 10.1 Å². The van der Waals surface area contributed by atoms with Crippen LogP contribution in [0.1, 0.15) is 5.56 Å². The van der Waals surface area contributed by atoms with Crippen LogP contribution in [0.4, 0.5) is 5.69 Å². The molecule has 0 spiro atoms. The Balaban J connectivity index is 3.13. The minimum absolute atomic E-state index is 0.0182. The highest BCUT2D eigenvalue weighted by Gasteiger charge is 2.07. The fraction of sp³-hybridized carbons (Fsp3) is 0.143. The van der Waals surface area contributed by atoms with E-state index in [9.17, 15) is 15.2 Å². The van der Waals surface area contributed by atoms with Crippen LogP contribution in [-0.2, 0) is 6.32 Å². The SMILES string of the molecule is BCc1cc([N+](=O)[O-])ccc1O. The summed E-state index contributed by atoms with van der Waals surface area (Å²) in [5, 5.41) is 19.5. The third-order valence-electron chi connectivity index (χ3n) is 1.65. The lowest BCUT2D eigenvalue weighted by Crippen LogP contribution is -1.91. The number of benzene rings is 1. The van der Waals surface area contributed by atoms with Gasteiger partial charge >= 0.3 is 0 Å². The number of rotatable bonds is 2. The van der Waals surface area contributed by atoms with Crippen molar-refractivity contribution >= 4 is 13.5 Å². The van der Waals surface area contributed by atoms with E-state index in [0.29, 0.717) is 11.9 Å². The number of nitro groups is 1. The molecular weight excluding hydrogens is 157 g/mol. The number of nitro benzene ring substituents is 1. The van der Waals surface area contributed by atoms with Gasteiger partial charge in [-0.2, -0.15) is 0 Å². The number of nitrogens with zero attached hydrogens (tertiary/aromatic N) is 1. The van der Waals surface area contributed by atoms with Gasteiger partial charge in [-0.25, -0.2) is 0 Å². The van der Waals surface area contributed by atoms with E-state index in [1.165, 1.54) is 18.2 Å². The number of non-ortho nitro benzene ring substituents is 1. The van der Waals surface area contributed by atoms with Crippen LogP contribution in [0.15, 0.2) is 18.2 Å². The first-order valence-corrected chi connectivity index (χ1v) is 3.61. The lowest BCUT2D eigenvalue weighted by molar-refractivity contribution is -0.384. The lowest BCUT2D eigenvalue weighted by atomic mass is 9.96. The molecule has 0 radical (unpaired) electrons. The van der Waals surface area contributed by atoms with Crippen LogP contribution in [0.3, 0.4) is 0 Å². The largest absolute Gasteiger partial charge is 0.508 e. The Morgan fingerprint density at radius 3 is 2.75 bits per heavy atom. The van der Waals surface area contributed by atoms with Gasteiger partial charge in [0.1, 0.15) is 13.6 Å². The summed E-state index contributed by atoms with van der Waals surface area (Å²) in [5.41, 5.74) is 0.619. The fourth-order valence-electron chi connectivity index (χ4n) is 0.969. The number of hydrogen-bond acceptors (Lipinski definition) is 3. The van der Waals surface area contributed by atoms with E-state index in [1.54, 1.807) is 0 Å². The van der Waals surface area contributed by atoms with Gasteiger partial charge in [-0.05, 0) is 11.6 Å². The van der Waals surface area contributed by atoms with Crippen molar-refractivity contribution in [3.63, 3.8) is 0 Å². The predicted molar refractivity (Wildman–Crippen MR) is 47.0 cm³/mol. The monoisotopic (exact) mass is 165 g/mol. The summed E-state index contributed by atoms with van der Waals surface area (Å²) in [4.78, 5) is 9.83. The summed E-state index contributed by atoms with van der Waals surface area (Å²) >= 11 is 0. The average Bonchev–Trinajstić information content (AvgIpc) is 2.05. The molecule has 1 aromatic carbocycles. The highest BCUT2D eigenvalue weighted by atomic mass is 16.6. The molecule has 0 heterocycles. The summed E-state index contributed by atoms with van der Waals surface area (Å²) in [6.45, 7) is 0. The molecule has 1 rings (SSSR count). The second kappa shape index (κ2) is 3.25. The molecule has 0 aliphatic heterocycles. The Morgan fingerprint density at radius 1 is 1.58 bits per heavy atom. The van der Waals surface area contributed by atoms with Crippen molar-refractivity contribution in [2.75, 3.05) is 0 Å². The summed E-state index contributed by atoms with van der Waals surface area (Å²) in [6.07, 6.45) is 0.591. The number of aromatic hydroxyl groups is 1. The summed E-state index contributed by atoms with van der Waals surface area (Å²) in [6, 6.07) is 4.01. The molecule has 0 atom stereocenters. The second-order valence-electron chi connectivity index (χ2n) is 2.42. The Morgan fingerprint density at radius 2 is 2.25 bits per heavy atom. The first-order valence-electron chi connectivity index (χ1n) is 3.61. The number of phenolic OH excluding ortho intramolecular Hbond substituents is 1. The van der Waals surface area contributed by atoms with Gasteiger partial charge in [0.05, 0.1) is 4.92 Å². The highest BCUT2D eigenvalue weighted by Crippen LogP contribution is 2.22. The maximum absolute atomic E-state index is 10.3. The van der Waals surface area contributed by atoms with Gasteiger partial charge < -0.3 is 5.11 Å². The molecule has 0 amide bonds. The predicted octanol–water partition coefficient (Wildman–Crippen LogP) is 0.433. The minimum atomic E-state index is -0.474. The van der Waals surface area contributed by atoms with Gasteiger partial charge in [0.15, 0.2) is 0 Å². The third kappa shape index (κ3) is 1.55. The van der Waals surface area contributed by atoms with Crippen LogP contribution in [-0.4, -0.2) is 17.9 Å². The van der Waals surface area contributed by atoms with E-state index < -0.39 is 4.92 Å². The Labute approximate surface area is 70.4 Å². The Hall–Kier alpha value is -1.52. The summed E-state index contributed by atoms with van der Waals surface area (Å²) < 4.78 is 0. The molecule has 62 valence electrons. The lowest BCUT2D eigenvalue weighted by Gasteiger charge is -1.99. The average molecular weight is 165 g/mol. The van der Waals surface area contributed by atoms with Crippen LogP contribution in [0.2, 0.25) is 0 Å². The third-order valence-corrected chi connectivity index (χ3v) is 1.65. The van der Waals surface area contributed by atoms with Crippen molar-refractivity contribution in [2.24, 2.45) is 0 Å². The normalized spacial score (nSPS) is 9.67. The molecule has 0 aliphatic rings. The first kappa shape index (κ1) is 8.58. The molecule has 0 saturated heterocycles. The molecule has 4 nitrogen and oxygen atoms in total. The van der Waals surface area contributed by atoms with Crippen LogP contribution in [0.5, 0.6) is 5.75 Å².